The zero-order valence-electron chi connectivity index (χ0n) is 9.91. The highest BCUT2D eigenvalue weighted by Crippen LogP contribution is 2.24. The molecule has 0 spiro atoms. The molecule has 2 aliphatic rings. The van der Waals surface area contributed by atoms with E-state index in [1.54, 1.807) is 0 Å². The van der Waals surface area contributed by atoms with Gasteiger partial charge in [0, 0.05) is 12.5 Å². The molecular weight excluding hydrogens is 204 g/mol. The van der Waals surface area contributed by atoms with E-state index in [9.17, 15) is 9.90 Å². The maximum atomic E-state index is 11.8. The second-order valence-corrected chi connectivity index (χ2v) is 5.29. The Hall–Kier alpha value is -0.610. The van der Waals surface area contributed by atoms with Crippen LogP contribution in [-0.4, -0.2) is 36.8 Å². The Labute approximate surface area is 96.8 Å². The topological polar surface area (TPSA) is 61.4 Å². The summed E-state index contributed by atoms with van der Waals surface area (Å²) >= 11 is 0. The number of carbonyl (C=O) groups excluding carboxylic acids is 1. The molecule has 2 fully saturated rings. The standard InChI is InChI=1S/C12H22N2O2/c1-8(10-6-13-7-10)12(16)14-5-9-2-3-11(15)4-9/h8-11,13,15H,2-7H2,1H3,(H,14,16). The molecule has 0 aromatic heterocycles. The molecule has 1 saturated heterocycles. The minimum Gasteiger partial charge on any atom is -0.393 e. The van der Waals surface area contributed by atoms with E-state index in [1.807, 2.05) is 6.92 Å². The zero-order valence-corrected chi connectivity index (χ0v) is 9.91. The normalized spacial score (nSPS) is 32.1. The van der Waals surface area contributed by atoms with Gasteiger partial charge in [-0.15, -0.1) is 0 Å². The molecule has 0 aromatic rings. The Kier molecular flexibility index (Phi) is 3.82. The molecule has 3 atom stereocenters. The quantitative estimate of drug-likeness (QED) is 0.638. The number of nitrogens with one attached hydrogen (secondary N) is 2. The van der Waals surface area contributed by atoms with Gasteiger partial charge in [-0.2, -0.15) is 0 Å². The molecule has 1 saturated carbocycles. The van der Waals surface area contributed by atoms with Crippen LogP contribution in [-0.2, 0) is 4.79 Å². The van der Waals surface area contributed by atoms with Gasteiger partial charge < -0.3 is 15.7 Å². The third-order valence-electron chi connectivity index (χ3n) is 4.01. The van der Waals surface area contributed by atoms with Crippen LogP contribution >= 0.6 is 0 Å². The predicted molar refractivity (Wildman–Crippen MR) is 61.9 cm³/mol. The number of hydrogen-bond donors (Lipinski definition) is 3. The summed E-state index contributed by atoms with van der Waals surface area (Å²) in [5.41, 5.74) is 0. The van der Waals surface area contributed by atoms with E-state index < -0.39 is 0 Å². The molecule has 16 heavy (non-hydrogen) atoms. The third-order valence-corrected chi connectivity index (χ3v) is 4.01. The Morgan fingerprint density at radius 2 is 2.25 bits per heavy atom. The van der Waals surface area contributed by atoms with Crippen molar-refractivity contribution in [2.24, 2.45) is 17.8 Å². The van der Waals surface area contributed by atoms with Gasteiger partial charge >= 0.3 is 0 Å². The van der Waals surface area contributed by atoms with Crippen LogP contribution in [0.1, 0.15) is 26.2 Å². The molecule has 1 aliphatic heterocycles. The molecule has 3 unspecified atom stereocenters. The van der Waals surface area contributed by atoms with Crippen molar-refractivity contribution in [2.75, 3.05) is 19.6 Å². The first-order chi connectivity index (χ1) is 7.66. The van der Waals surface area contributed by atoms with Crippen LogP contribution < -0.4 is 10.6 Å². The second-order valence-electron chi connectivity index (χ2n) is 5.29. The van der Waals surface area contributed by atoms with E-state index in [-0.39, 0.29) is 17.9 Å². The zero-order chi connectivity index (χ0) is 11.5. The molecule has 4 heteroatoms. The van der Waals surface area contributed by atoms with Crippen molar-refractivity contribution in [3.8, 4) is 0 Å². The fourth-order valence-electron chi connectivity index (χ4n) is 2.52. The van der Waals surface area contributed by atoms with Crippen LogP contribution in [0.25, 0.3) is 0 Å². The SMILES string of the molecule is CC(C(=O)NCC1CCC(O)C1)C1CNC1. The van der Waals surface area contributed by atoms with Gasteiger partial charge in [-0.05, 0) is 44.2 Å². The molecule has 1 aliphatic carbocycles. The number of aliphatic hydroxyl groups is 1. The Balaban J connectivity index is 1.66. The van der Waals surface area contributed by atoms with Gasteiger partial charge in [-0.3, -0.25) is 4.79 Å². The average molecular weight is 226 g/mol. The maximum absolute atomic E-state index is 11.8. The fourth-order valence-corrected chi connectivity index (χ4v) is 2.52. The molecule has 0 aromatic carbocycles. The first-order valence-electron chi connectivity index (χ1n) is 6.33. The van der Waals surface area contributed by atoms with Crippen molar-refractivity contribution < 1.29 is 9.90 Å². The summed E-state index contributed by atoms with van der Waals surface area (Å²) in [5, 5.41) is 15.6. The third kappa shape index (κ3) is 2.74. The first-order valence-corrected chi connectivity index (χ1v) is 6.33. The van der Waals surface area contributed by atoms with Crippen LogP contribution in [0.3, 0.4) is 0 Å². The summed E-state index contributed by atoms with van der Waals surface area (Å²) in [5.74, 6) is 1.28. The molecule has 4 nitrogen and oxygen atoms in total. The van der Waals surface area contributed by atoms with Gasteiger partial charge in [0.25, 0.3) is 0 Å². The monoisotopic (exact) mass is 226 g/mol. The van der Waals surface area contributed by atoms with Crippen LogP contribution in [0, 0.1) is 17.8 Å². The van der Waals surface area contributed by atoms with Gasteiger partial charge in [0.05, 0.1) is 6.10 Å². The predicted octanol–water partition coefficient (Wildman–Crippen LogP) is 0.119. The summed E-state index contributed by atoms with van der Waals surface area (Å²) in [4.78, 5) is 11.8. The van der Waals surface area contributed by atoms with E-state index in [4.69, 9.17) is 0 Å². The number of carbonyl (C=O) groups is 1. The maximum Gasteiger partial charge on any atom is 0.223 e. The van der Waals surface area contributed by atoms with Gasteiger partial charge in [0.2, 0.25) is 5.91 Å². The molecule has 2 rings (SSSR count). The van der Waals surface area contributed by atoms with Gasteiger partial charge in [0.1, 0.15) is 0 Å². The van der Waals surface area contributed by atoms with Crippen LogP contribution in [0.15, 0.2) is 0 Å². The lowest BCUT2D eigenvalue weighted by atomic mass is 9.88. The summed E-state index contributed by atoms with van der Waals surface area (Å²) in [6.07, 6.45) is 2.64. The lowest BCUT2D eigenvalue weighted by Gasteiger charge is -2.32. The molecular formula is C12H22N2O2. The van der Waals surface area contributed by atoms with E-state index in [2.05, 4.69) is 10.6 Å². The van der Waals surface area contributed by atoms with Gasteiger partial charge in [-0.25, -0.2) is 0 Å². The largest absolute Gasteiger partial charge is 0.393 e. The summed E-state index contributed by atoms with van der Waals surface area (Å²) in [7, 11) is 0. The minimum absolute atomic E-state index is 0.118. The summed E-state index contributed by atoms with van der Waals surface area (Å²) in [6, 6.07) is 0. The number of hydrogen-bond acceptors (Lipinski definition) is 3. The van der Waals surface area contributed by atoms with Crippen molar-refractivity contribution in [3.05, 3.63) is 0 Å². The summed E-state index contributed by atoms with van der Waals surface area (Å²) < 4.78 is 0. The van der Waals surface area contributed by atoms with Crippen molar-refractivity contribution in [1.29, 1.82) is 0 Å². The van der Waals surface area contributed by atoms with E-state index >= 15 is 0 Å². The van der Waals surface area contributed by atoms with Gasteiger partial charge in [-0.1, -0.05) is 6.92 Å². The first kappa shape index (κ1) is 11.9. The lowest BCUT2D eigenvalue weighted by Crippen LogP contribution is -2.50. The highest BCUT2D eigenvalue weighted by molar-refractivity contribution is 5.78. The average Bonchev–Trinajstić information content (AvgIpc) is 2.58. The Morgan fingerprint density at radius 1 is 1.50 bits per heavy atom. The lowest BCUT2D eigenvalue weighted by molar-refractivity contribution is -0.126. The van der Waals surface area contributed by atoms with Crippen molar-refractivity contribution in [1.82, 2.24) is 10.6 Å². The van der Waals surface area contributed by atoms with E-state index in [1.165, 1.54) is 0 Å². The van der Waals surface area contributed by atoms with E-state index in [0.717, 1.165) is 38.9 Å². The number of rotatable bonds is 4. The number of amides is 1. The number of aliphatic hydroxyl groups excluding tert-OH is 1. The highest BCUT2D eigenvalue weighted by atomic mass is 16.3. The molecule has 0 radical (unpaired) electrons. The van der Waals surface area contributed by atoms with Crippen LogP contribution in [0.5, 0.6) is 0 Å². The van der Waals surface area contributed by atoms with Crippen molar-refractivity contribution in [3.63, 3.8) is 0 Å². The molecule has 3 N–H and O–H groups in total. The Morgan fingerprint density at radius 3 is 2.75 bits per heavy atom. The van der Waals surface area contributed by atoms with E-state index in [0.29, 0.717) is 11.8 Å². The molecule has 1 amide bonds. The van der Waals surface area contributed by atoms with Gasteiger partial charge in [0.15, 0.2) is 0 Å². The molecule has 0 bridgehead atoms. The summed E-state index contributed by atoms with van der Waals surface area (Å²) in [6.45, 7) is 4.68. The Bertz CT molecular complexity index is 253. The highest BCUT2D eigenvalue weighted by Gasteiger charge is 2.29. The molecule has 92 valence electrons. The second kappa shape index (κ2) is 5.15. The van der Waals surface area contributed by atoms with Crippen molar-refractivity contribution in [2.45, 2.75) is 32.3 Å². The molecule has 1 heterocycles. The smallest absolute Gasteiger partial charge is 0.223 e. The van der Waals surface area contributed by atoms with Crippen molar-refractivity contribution >= 4 is 5.91 Å². The van der Waals surface area contributed by atoms with Crippen LogP contribution in [0.4, 0.5) is 0 Å². The van der Waals surface area contributed by atoms with Crippen LogP contribution in [0.2, 0.25) is 0 Å². The fraction of sp³-hybridized carbons (Fsp3) is 0.917. The minimum atomic E-state index is -0.143.